The first-order valence-corrected chi connectivity index (χ1v) is 7.90. The van der Waals surface area contributed by atoms with E-state index in [9.17, 15) is 4.79 Å². The Morgan fingerprint density at radius 2 is 2.00 bits per heavy atom. The number of fused-ring (bicyclic) bond motifs is 1. The van der Waals surface area contributed by atoms with E-state index in [1.165, 1.54) is 17.3 Å². The number of carbonyl (C=O) groups excluding carboxylic acids is 1. The monoisotopic (exact) mass is 316 g/mol. The highest BCUT2D eigenvalue weighted by Crippen LogP contribution is 2.33. The molecule has 1 aliphatic rings. The smallest absolute Gasteiger partial charge is 0.151 e. The molecular formula is C19H16N4O. The molecule has 1 atom stereocenters. The average molecular weight is 316 g/mol. The maximum Gasteiger partial charge on any atom is 0.151 e. The number of rotatable bonds is 4. The van der Waals surface area contributed by atoms with Gasteiger partial charge in [0.05, 0.1) is 24.1 Å². The summed E-state index contributed by atoms with van der Waals surface area (Å²) < 4.78 is 0. The number of benzene rings is 1. The van der Waals surface area contributed by atoms with E-state index in [4.69, 9.17) is 0 Å². The van der Waals surface area contributed by atoms with Crippen LogP contribution in [0, 0.1) is 0 Å². The third-order valence-corrected chi connectivity index (χ3v) is 4.30. The third-order valence-electron chi connectivity index (χ3n) is 4.30. The molecule has 4 rings (SSSR count). The molecule has 2 heterocycles. The Morgan fingerprint density at radius 3 is 2.83 bits per heavy atom. The molecule has 118 valence electrons. The molecule has 0 spiro atoms. The van der Waals surface area contributed by atoms with Crippen molar-refractivity contribution >= 4 is 12.1 Å². The lowest BCUT2D eigenvalue weighted by atomic mass is 10.1. The summed E-state index contributed by atoms with van der Waals surface area (Å²) in [4.78, 5) is 23.8. The zero-order valence-electron chi connectivity index (χ0n) is 13.0. The van der Waals surface area contributed by atoms with Gasteiger partial charge in [0.25, 0.3) is 0 Å². The van der Waals surface area contributed by atoms with Crippen LogP contribution in [0.25, 0.3) is 11.3 Å². The third kappa shape index (κ3) is 2.76. The van der Waals surface area contributed by atoms with Crippen LogP contribution in [0.3, 0.4) is 0 Å². The van der Waals surface area contributed by atoms with E-state index in [0.29, 0.717) is 11.3 Å². The van der Waals surface area contributed by atoms with E-state index < -0.39 is 0 Å². The Balaban J connectivity index is 1.53. The molecule has 0 fully saturated rings. The summed E-state index contributed by atoms with van der Waals surface area (Å²) in [7, 11) is 0. The minimum Gasteiger partial charge on any atom is -0.362 e. The SMILES string of the molecule is O=Cc1cncc(-c2cnc(N[C@@H]3CCc4ccccc43)cn2)c1. The van der Waals surface area contributed by atoms with E-state index in [-0.39, 0.29) is 6.04 Å². The zero-order valence-corrected chi connectivity index (χ0v) is 13.0. The summed E-state index contributed by atoms with van der Waals surface area (Å²) in [5, 5.41) is 3.45. The van der Waals surface area contributed by atoms with Gasteiger partial charge in [0, 0.05) is 23.5 Å². The van der Waals surface area contributed by atoms with Gasteiger partial charge in [0.2, 0.25) is 0 Å². The molecule has 0 radical (unpaired) electrons. The van der Waals surface area contributed by atoms with E-state index in [1.54, 1.807) is 24.7 Å². The number of hydrogen-bond donors (Lipinski definition) is 1. The normalized spacial score (nSPS) is 15.8. The second-order valence-corrected chi connectivity index (χ2v) is 5.85. The summed E-state index contributed by atoms with van der Waals surface area (Å²) in [5.74, 6) is 0.750. The summed E-state index contributed by atoms with van der Waals surface area (Å²) in [5.41, 5.74) is 4.75. The van der Waals surface area contributed by atoms with Gasteiger partial charge in [-0.1, -0.05) is 24.3 Å². The molecule has 5 nitrogen and oxygen atoms in total. The van der Waals surface area contributed by atoms with Crippen molar-refractivity contribution in [1.82, 2.24) is 15.0 Å². The van der Waals surface area contributed by atoms with Crippen molar-refractivity contribution < 1.29 is 4.79 Å². The number of aromatic nitrogens is 3. The van der Waals surface area contributed by atoms with Crippen LogP contribution in [0.15, 0.2) is 55.1 Å². The fourth-order valence-corrected chi connectivity index (χ4v) is 3.10. The molecule has 24 heavy (non-hydrogen) atoms. The van der Waals surface area contributed by atoms with E-state index in [0.717, 1.165) is 30.5 Å². The summed E-state index contributed by atoms with van der Waals surface area (Å²) in [6.07, 6.45) is 9.56. The number of hydrogen-bond acceptors (Lipinski definition) is 5. The van der Waals surface area contributed by atoms with Gasteiger partial charge in [-0.15, -0.1) is 0 Å². The van der Waals surface area contributed by atoms with Crippen molar-refractivity contribution in [3.8, 4) is 11.3 Å². The summed E-state index contributed by atoms with van der Waals surface area (Å²) in [6.45, 7) is 0. The number of anilines is 1. The molecular weight excluding hydrogens is 300 g/mol. The van der Waals surface area contributed by atoms with Crippen LogP contribution < -0.4 is 5.32 Å². The van der Waals surface area contributed by atoms with Gasteiger partial charge >= 0.3 is 0 Å². The predicted octanol–water partition coefficient (Wildman–Crippen LogP) is 3.45. The van der Waals surface area contributed by atoms with Crippen LogP contribution in [0.5, 0.6) is 0 Å². The molecule has 0 unspecified atom stereocenters. The first-order chi connectivity index (χ1) is 11.8. The van der Waals surface area contributed by atoms with Gasteiger partial charge in [-0.05, 0) is 30.0 Å². The Bertz CT molecular complexity index is 877. The second-order valence-electron chi connectivity index (χ2n) is 5.85. The largest absolute Gasteiger partial charge is 0.362 e. The topological polar surface area (TPSA) is 67.8 Å². The van der Waals surface area contributed by atoms with Crippen LogP contribution in [0.4, 0.5) is 5.82 Å². The van der Waals surface area contributed by atoms with Gasteiger partial charge in [-0.2, -0.15) is 0 Å². The van der Waals surface area contributed by atoms with Crippen LogP contribution in [-0.4, -0.2) is 21.2 Å². The van der Waals surface area contributed by atoms with Crippen LogP contribution >= 0.6 is 0 Å². The number of nitrogens with zero attached hydrogens (tertiary/aromatic N) is 3. The summed E-state index contributed by atoms with van der Waals surface area (Å²) in [6, 6.07) is 10.5. The number of nitrogens with one attached hydrogen (secondary N) is 1. The predicted molar refractivity (Wildman–Crippen MR) is 91.8 cm³/mol. The standard InChI is InChI=1S/C19H16N4O/c24-12-13-7-15(9-20-8-13)18-10-22-19(11-21-18)23-17-6-5-14-3-1-2-4-16(14)17/h1-4,7-12,17H,5-6H2,(H,22,23)/t17-/m1/s1. The van der Waals surface area contributed by atoms with Gasteiger partial charge in [-0.25, -0.2) is 4.98 Å². The Kier molecular flexibility index (Phi) is 3.75. The molecule has 0 amide bonds. The molecule has 1 aromatic carbocycles. The molecule has 0 saturated heterocycles. The zero-order chi connectivity index (χ0) is 16.4. The minimum absolute atomic E-state index is 0.279. The van der Waals surface area contributed by atoms with Crippen molar-refractivity contribution in [3.63, 3.8) is 0 Å². The van der Waals surface area contributed by atoms with Crippen LogP contribution in [0.2, 0.25) is 0 Å². The number of carbonyl (C=O) groups is 1. The average Bonchev–Trinajstić information content (AvgIpc) is 3.05. The van der Waals surface area contributed by atoms with E-state index in [1.807, 2.05) is 0 Å². The van der Waals surface area contributed by atoms with Gasteiger partial charge in [-0.3, -0.25) is 14.8 Å². The first kappa shape index (κ1) is 14.5. The quantitative estimate of drug-likeness (QED) is 0.747. The van der Waals surface area contributed by atoms with Gasteiger partial charge in [0.1, 0.15) is 5.82 Å². The maximum absolute atomic E-state index is 10.9. The lowest BCUT2D eigenvalue weighted by molar-refractivity contribution is 0.112. The molecule has 0 bridgehead atoms. The first-order valence-electron chi connectivity index (χ1n) is 7.90. The molecule has 1 aliphatic carbocycles. The van der Waals surface area contributed by atoms with E-state index >= 15 is 0 Å². The maximum atomic E-state index is 10.9. The molecule has 0 saturated carbocycles. The number of aldehydes is 1. The van der Waals surface area contributed by atoms with Crippen molar-refractivity contribution in [2.45, 2.75) is 18.9 Å². The van der Waals surface area contributed by atoms with E-state index in [2.05, 4.69) is 44.5 Å². The Morgan fingerprint density at radius 1 is 1.08 bits per heavy atom. The van der Waals surface area contributed by atoms with Crippen LogP contribution in [0.1, 0.15) is 33.9 Å². The highest BCUT2D eigenvalue weighted by molar-refractivity contribution is 5.77. The van der Waals surface area contributed by atoms with Gasteiger partial charge < -0.3 is 5.32 Å². The Hall–Kier alpha value is -3.08. The summed E-state index contributed by atoms with van der Waals surface area (Å²) >= 11 is 0. The van der Waals surface area contributed by atoms with Crippen molar-refractivity contribution in [3.05, 3.63) is 71.8 Å². The fourth-order valence-electron chi connectivity index (χ4n) is 3.10. The fraction of sp³-hybridized carbons (Fsp3) is 0.158. The van der Waals surface area contributed by atoms with Crippen LogP contribution in [-0.2, 0) is 6.42 Å². The Labute approximate surface area is 139 Å². The molecule has 3 aromatic rings. The molecule has 1 N–H and O–H groups in total. The lowest BCUT2D eigenvalue weighted by Gasteiger charge is -2.14. The minimum atomic E-state index is 0.279. The number of pyridine rings is 1. The lowest BCUT2D eigenvalue weighted by Crippen LogP contribution is -2.08. The van der Waals surface area contributed by atoms with Gasteiger partial charge in [0.15, 0.2) is 6.29 Å². The highest BCUT2D eigenvalue weighted by Gasteiger charge is 2.21. The van der Waals surface area contributed by atoms with Crippen molar-refractivity contribution in [2.75, 3.05) is 5.32 Å². The number of aryl methyl sites for hydroxylation is 1. The molecule has 5 heteroatoms. The van der Waals surface area contributed by atoms with Crippen molar-refractivity contribution in [1.29, 1.82) is 0 Å². The highest BCUT2D eigenvalue weighted by atomic mass is 16.1. The van der Waals surface area contributed by atoms with Crippen molar-refractivity contribution in [2.24, 2.45) is 0 Å². The second kappa shape index (κ2) is 6.20. The molecule has 2 aromatic heterocycles. The molecule has 0 aliphatic heterocycles.